The molecule has 0 aliphatic carbocycles. The summed E-state index contributed by atoms with van der Waals surface area (Å²) in [5, 5.41) is 21.6. The van der Waals surface area contributed by atoms with E-state index in [0.29, 0.717) is 5.92 Å². The fraction of sp³-hybridized carbons (Fsp3) is 0.720. The summed E-state index contributed by atoms with van der Waals surface area (Å²) in [7, 11) is 1.70. The lowest BCUT2D eigenvalue weighted by Gasteiger charge is -2.39. The van der Waals surface area contributed by atoms with Crippen LogP contribution in [0.1, 0.15) is 60.3 Å². The molecule has 7 unspecified atom stereocenters. The monoisotopic (exact) mass is 437 g/mol. The van der Waals surface area contributed by atoms with Crippen molar-refractivity contribution in [2.24, 2.45) is 11.8 Å². The molecule has 1 aliphatic rings. The van der Waals surface area contributed by atoms with Gasteiger partial charge in [0.25, 0.3) is 0 Å². The van der Waals surface area contributed by atoms with Crippen molar-refractivity contribution in [3.8, 4) is 0 Å². The van der Waals surface area contributed by atoms with Crippen LogP contribution in [0.3, 0.4) is 0 Å². The van der Waals surface area contributed by atoms with Gasteiger partial charge in [-0.25, -0.2) is 0 Å². The van der Waals surface area contributed by atoms with E-state index in [2.05, 4.69) is 44.3 Å². The van der Waals surface area contributed by atoms with Crippen LogP contribution in [-0.4, -0.2) is 60.3 Å². The van der Waals surface area contributed by atoms with E-state index in [1.54, 1.807) is 14.0 Å². The number of carbonyl (C=O) groups is 1. The first-order valence-corrected chi connectivity index (χ1v) is 11.5. The van der Waals surface area contributed by atoms with E-state index in [0.717, 1.165) is 31.3 Å². The number of hydrogen-bond acceptors (Lipinski definition) is 5. The van der Waals surface area contributed by atoms with Gasteiger partial charge in [0.2, 0.25) is 5.91 Å². The van der Waals surface area contributed by atoms with E-state index in [1.165, 1.54) is 12.2 Å². The average Bonchev–Trinajstić information content (AvgIpc) is 2.73. The molecule has 1 fully saturated rings. The summed E-state index contributed by atoms with van der Waals surface area (Å²) in [6.45, 7) is 10.1. The molecule has 1 saturated heterocycles. The van der Waals surface area contributed by atoms with Crippen molar-refractivity contribution in [2.75, 3.05) is 13.7 Å². The van der Waals surface area contributed by atoms with E-state index in [4.69, 9.17) is 9.47 Å². The van der Waals surface area contributed by atoms with Crippen molar-refractivity contribution in [1.29, 1.82) is 0 Å². The summed E-state index contributed by atoms with van der Waals surface area (Å²) in [5.74, 6) is 0.372. The predicted molar refractivity (Wildman–Crippen MR) is 125 cm³/mol. The molecule has 31 heavy (non-hydrogen) atoms. The third-order valence-corrected chi connectivity index (χ3v) is 6.02. The fourth-order valence-corrected chi connectivity index (χ4v) is 3.75. The van der Waals surface area contributed by atoms with E-state index < -0.39 is 6.10 Å². The predicted octanol–water partition coefficient (Wildman–Crippen LogP) is 3.54. The highest BCUT2D eigenvalue weighted by molar-refractivity contribution is 5.87. The van der Waals surface area contributed by atoms with Crippen LogP contribution >= 0.6 is 0 Å². The lowest BCUT2D eigenvalue weighted by molar-refractivity contribution is -0.123. The molecule has 6 nitrogen and oxygen atoms in total. The Morgan fingerprint density at radius 2 is 2.00 bits per heavy atom. The molecule has 1 amide bonds. The first-order chi connectivity index (χ1) is 14.7. The lowest BCUT2D eigenvalue weighted by Crippen LogP contribution is -2.50. The highest BCUT2D eigenvalue weighted by Crippen LogP contribution is 2.28. The average molecular weight is 438 g/mol. The van der Waals surface area contributed by atoms with Gasteiger partial charge in [-0.05, 0) is 51.9 Å². The second-order valence-corrected chi connectivity index (χ2v) is 8.82. The van der Waals surface area contributed by atoms with Gasteiger partial charge in [0.1, 0.15) is 0 Å². The van der Waals surface area contributed by atoms with E-state index in [-0.39, 0.29) is 42.8 Å². The standard InChI is InChI=1S/C25H43NO5/c1-7-21(16-27)15-22(30-6)11-8-17(2)9-12-24-18(3)14-23(20(5)31-24)26-25(29)13-10-19(4)28/h8-11,13,18-24,27-28H,7,12,14-16H2,1-6H3,(H,26,29)/b11-8+,13-10-,17-9+. The van der Waals surface area contributed by atoms with Crippen LogP contribution in [-0.2, 0) is 14.3 Å². The number of aliphatic hydroxyl groups is 2. The molecule has 3 N–H and O–H groups in total. The maximum atomic E-state index is 12.0. The fourth-order valence-electron chi connectivity index (χ4n) is 3.75. The SMILES string of the molecule is CCC(CO)CC(/C=C/C(C)=C/CC1OC(C)C(NC(=O)/C=C\C(C)O)CC1C)OC. The van der Waals surface area contributed by atoms with Crippen LogP contribution < -0.4 is 5.32 Å². The summed E-state index contributed by atoms with van der Waals surface area (Å²) in [5.41, 5.74) is 1.15. The van der Waals surface area contributed by atoms with Crippen molar-refractivity contribution in [3.63, 3.8) is 0 Å². The van der Waals surface area contributed by atoms with Gasteiger partial charge < -0.3 is 25.0 Å². The van der Waals surface area contributed by atoms with Gasteiger partial charge in [0.05, 0.1) is 30.5 Å². The van der Waals surface area contributed by atoms with E-state index in [1.807, 2.05) is 6.92 Å². The van der Waals surface area contributed by atoms with Crippen molar-refractivity contribution < 1.29 is 24.5 Å². The van der Waals surface area contributed by atoms with Gasteiger partial charge in [-0.1, -0.05) is 50.1 Å². The van der Waals surface area contributed by atoms with Gasteiger partial charge in [0.15, 0.2) is 0 Å². The van der Waals surface area contributed by atoms with Crippen LogP contribution in [0.4, 0.5) is 0 Å². The van der Waals surface area contributed by atoms with Gasteiger partial charge in [-0.2, -0.15) is 0 Å². The molecule has 0 aromatic heterocycles. The molecule has 0 bridgehead atoms. The molecule has 0 saturated carbocycles. The number of carbonyl (C=O) groups excluding carboxylic acids is 1. The van der Waals surface area contributed by atoms with Crippen LogP contribution in [0.2, 0.25) is 0 Å². The van der Waals surface area contributed by atoms with Gasteiger partial charge >= 0.3 is 0 Å². The minimum atomic E-state index is -0.639. The normalized spacial score (nSPS) is 28.1. The highest BCUT2D eigenvalue weighted by atomic mass is 16.5. The zero-order chi connectivity index (χ0) is 23.4. The quantitative estimate of drug-likeness (QED) is 0.321. The zero-order valence-electron chi connectivity index (χ0n) is 20.1. The molecule has 1 aliphatic heterocycles. The minimum Gasteiger partial charge on any atom is -0.396 e. The van der Waals surface area contributed by atoms with E-state index >= 15 is 0 Å². The number of nitrogens with one attached hydrogen (secondary N) is 1. The van der Waals surface area contributed by atoms with Crippen molar-refractivity contribution >= 4 is 5.91 Å². The van der Waals surface area contributed by atoms with Crippen molar-refractivity contribution in [3.05, 3.63) is 36.0 Å². The summed E-state index contributed by atoms with van der Waals surface area (Å²) >= 11 is 0. The summed E-state index contributed by atoms with van der Waals surface area (Å²) in [4.78, 5) is 12.0. The first kappa shape index (κ1) is 27.6. The van der Waals surface area contributed by atoms with Crippen molar-refractivity contribution in [1.82, 2.24) is 5.32 Å². The summed E-state index contributed by atoms with van der Waals surface area (Å²) < 4.78 is 11.7. The second kappa shape index (κ2) is 14.6. The third-order valence-electron chi connectivity index (χ3n) is 6.02. The molecule has 0 aromatic rings. The third kappa shape index (κ3) is 10.6. The smallest absolute Gasteiger partial charge is 0.244 e. The molecule has 1 heterocycles. The second-order valence-electron chi connectivity index (χ2n) is 8.82. The number of aliphatic hydroxyl groups excluding tert-OH is 2. The molecule has 0 radical (unpaired) electrons. The molecule has 7 atom stereocenters. The molecular formula is C25H43NO5. The van der Waals surface area contributed by atoms with Gasteiger partial charge in [-0.15, -0.1) is 0 Å². The number of ether oxygens (including phenoxy) is 2. The first-order valence-electron chi connectivity index (χ1n) is 11.5. The highest BCUT2D eigenvalue weighted by Gasteiger charge is 2.33. The molecule has 0 aromatic carbocycles. The Kier molecular flexibility index (Phi) is 13.0. The van der Waals surface area contributed by atoms with E-state index in [9.17, 15) is 15.0 Å². The number of hydrogen-bond donors (Lipinski definition) is 3. The number of rotatable bonds is 12. The molecule has 1 rings (SSSR count). The largest absolute Gasteiger partial charge is 0.396 e. The Morgan fingerprint density at radius 3 is 2.58 bits per heavy atom. The number of amides is 1. The van der Waals surface area contributed by atoms with Gasteiger partial charge in [0, 0.05) is 19.8 Å². The molecule has 178 valence electrons. The Hall–Kier alpha value is -1.47. The molecule has 0 spiro atoms. The maximum Gasteiger partial charge on any atom is 0.244 e. The topological polar surface area (TPSA) is 88.0 Å². The zero-order valence-corrected chi connectivity index (χ0v) is 20.1. The Balaban J connectivity index is 2.58. The lowest BCUT2D eigenvalue weighted by atomic mass is 9.88. The summed E-state index contributed by atoms with van der Waals surface area (Å²) in [6, 6.07) is -0.0390. The Labute approximate surface area is 188 Å². The van der Waals surface area contributed by atoms with Crippen LogP contribution in [0.15, 0.2) is 36.0 Å². The molecular weight excluding hydrogens is 394 g/mol. The summed E-state index contributed by atoms with van der Waals surface area (Å²) in [6.07, 6.45) is 12.0. The minimum absolute atomic E-state index is 0.00225. The van der Waals surface area contributed by atoms with Crippen LogP contribution in [0, 0.1) is 11.8 Å². The van der Waals surface area contributed by atoms with Crippen molar-refractivity contribution in [2.45, 2.75) is 90.8 Å². The number of allylic oxidation sites excluding steroid dienone is 2. The van der Waals surface area contributed by atoms with Crippen LogP contribution in [0.25, 0.3) is 0 Å². The van der Waals surface area contributed by atoms with Crippen LogP contribution in [0.5, 0.6) is 0 Å². The Morgan fingerprint density at radius 1 is 1.29 bits per heavy atom. The van der Waals surface area contributed by atoms with Gasteiger partial charge in [-0.3, -0.25) is 4.79 Å². The Bertz CT molecular complexity index is 609. The number of methoxy groups -OCH3 is 1. The molecule has 6 heteroatoms. The maximum absolute atomic E-state index is 12.0.